The molecule has 2 rings (SSSR count). The first-order chi connectivity index (χ1) is 8.79. The summed E-state index contributed by atoms with van der Waals surface area (Å²) >= 11 is 3.47. The molecule has 2 aromatic rings. The van der Waals surface area contributed by atoms with Gasteiger partial charge in [0.15, 0.2) is 0 Å². The predicted molar refractivity (Wildman–Crippen MR) is 81.6 cm³/mol. The fraction of sp³-hybridized carbons (Fsp3) is 0.375. The summed E-state index contributed by atoms with van der Waals surface area (Å²) in [7, 11) is 0. The Morgan fingerprint density at radius 3 is 2.61 bits per heavy atom. The maximum absolute atomic E-state index is 5.82. The standard InChI is InChI=1S/C16H19BrO/c1-13(8-10-17)9-11-18-16-7-6-14-4-2-3-5-15(14)12-16/h2-7,12-13H,8-11H2,1H3. The molecule has 96 valence electrons. The lowest BCUT2D eigenvalue weighted by Gasteiger charge is -2.11. The van der Waals surface area contributed by atoms with Gasteiger partial charge >= 0.3 is 0 Å². The molecule has 0 aliphatic rings. The normalized spacial score (nSPS) is 12.6. The molecule has 0 radical (unpaired) electrons. The molecule has 1 unspecified atom stereocenters. The van der Waals surface area contributed by atoms with Crippen molar-refractivity contribution in [3.63, 3.8) is 0 Å². The van der Waals surface area contributed by atoms with Crippen LogP contribution in [0.1, 0.15) is 19.8 Å². The van der Waals surface area contributed by atoms with E-state index in [1.807, 2.05) is 0 Å². The first-order valence-corrected chi connectivity index (χ1v) is 7.59. The summed E-state index contributed by atoms with van der Waals surface area (Å²) in [5.74, 6) is 1.68. The molecule has 0 amide bonds. The Morgan fingerprint density at radius 2 is 1.83 bits per heavy atom. The average Bonchev–Trinajstić information content (AvgIpc) is 2.39. The number of hydrogen-bond donors (Lipinski definition) is 0. The zero-order valence-electron chi connectivity index (χ0n) is 10.7. The third-order valence-corrected chi connectivity index (χ3v) is 3.66. The smallest absolute Gasteiger partial charge is 0.119 e. The topological polar surface area (TPSA) is 9.23 Å². The summed E-state index contributed by atoms with van der Waals surface area (Å²) in [6, 6.07) is 14.6. The Kier molecular flexibility index (Phi) is 5.06. The molecule has 1 nitrogen and oxygen atoms in total. The van der Waals surface area contributed by atoms with E-state index in [9.17, 15) is 0 Å². The molecular weight excluding hydrogens is 288 g/mol. The minimum Gasteiger partial charge on any atom is -0.494 e. The minimum absolute atomic E-state index is 0.713. The molecule has 0 spiro atoms. The van der Waals surface area contributed by atoms with Crippen LogP contribution >= 0.6 is 15.9 Å². The van der Waals surface area contributed by atoms with Crippen LogP contribution in [0, 0.1) is 5.92 Å². The largest absolute Gasteiger partial charge is 0.494 e. The van der Waals surface area contributed by atoms with Crippen molar-refractivity contribution in [3.05, 3.63) is 42.5 Å². The molecule has 0 aromatic heterocycles. The van der Waals surface area contributed by atoms with E-state index in [4.69, 9.17) is 4.74 Å². The summed E-state index contributed by atoms with van der Waals surface area (Å²) in [5.41, 5.74) is 0. The van der Waals surface area contributed by atoms with Crippen molar-refractivity contribution < 1.29 is 4.74 Å². The van der Waals surface area contributed by atoms with Gasteiger partial charge in [0.1, 0.15) is 5.75 Å². The number of alkyl halides is 1. The highest BCUT2D eigenvalue weighted by atomic mass is 79.9. The zero-order valence-corrected chi connectivity index (χ0v) is 12.3. The summed E-state index contributed by atoms with van der Waals surface area (Å²) in [6.07, 6.45) is 2.32. The van der Waals surface area contributed by atoms with Crippen molar-refractivity contribution in [3.8, 4) is 5.75 Å². The van der Waals surface area contributed by atoms with Gasteiger partial charge in [-0.25, -0.2) is 0 Å². The van der Waals surface area contributed by atoms with E-state index >= 15 is 0 Å². The number of rotatable bonds is 6. The van der Waals surface area contributed by atoms with Crippen LogP contribution in [0.15, 0.2) is 42.5 Å². The number of benzene rings is 2. The van der Waals surface area contributed by atoms with E-state index in [1.54, 1.807) is 0 Å². The monoisotopic (exact) mass is 306 g/mol. The molecular formula is C16H19BrO. The lowest BCUT2D eigenvalue weighted by molar-refractivity contribution is 0.282. The van der Waals surface area contributed by atoms with E-state index < -0.39 is 0 Å². The summed E-state index contributed by atoms with van der Waals surface area (Å²) in [4.78, 5) is 0. The zero-order chi connectivity index (χ0) is 12.8. The van der Waals surface area contributed by atoms with Crippen LogP contribution in [-0.4, -0.2) is 11.9 Å². The Bertz CT molecular complexity index is 495. The summed E-state index contributed by atoms with van der Waals surface area (Å²) in [5, 5.41) is 3.57. The third kappa shape index (κ3) is 3.74. The van der Waals surface area contributed by atoms with Gasteiger partial charge in [-0.05, 0) is 41.7 Å². The molecule has 0 saturated heterocycles. The van der Waals surface area contributed by atoms with E-state index in [2.05, 4.69) is 65.3 Å². The number of hydrogen-bond acceptors (Lipinski definition) is 1. The number of halogens is 1. The Balaban J connectivity index is 1.91. The van der Waals surface area contributed by atoms with Crippen LogP contribution in [0.2, 0.25) is 0 Å². The van der Waals surface area contributed by atoms with Crippen LogP contribution in [0.5, 0.6) is 5.75 Å². The Labute approximate surface area is 117 Å². The molecule has 0 saturated carbocycles. The van der Waals surface area contributed by atoms with Gasteiger partial charge in [-0.2, -0.15) is 0 Å². The van der Waals surface area contributed by atoms with Gasteiger partial charge in [-0.3, -0.25) is 0 Å². The highest BCUT2D eigenvalue weighted by Gasteiger charge is 2.02. The van der Waals surface area contributed by atoms with Gasteiger partial charge in [0.2, 0.25) is 0 Å². The first-order valence-electron chi connectivity index (χ1n) is 6.47. The second kappa shape index (κ2) is 6.79. The molecule has 0 aliphatic carbocycles. The second-order valence-electron chi connectivity index (χ2n) is 4.73. The van der Waals surface area contributed by atoms with Crippen molar-refractivity contribution in [1.82, 2.24) is 0 Å². The number of fused-ring (bicyclic) bond motifs is 1. The van der Waals surface area contributed by atoms with Crippen molar-refractivity contribution in [2.75, 3.05) is 11.9 Å². The van der Waals surface area contributed by atoms with Crippen LogP contribution in [0.25, 0.3) is 10.8 Å². The molecule has 2 heteroatoms. The molecule has 18 heavy (non-hydrogen) atoms. The summed E-state index contributed by atoms with van der Waals surface area (Å²) in [6.45, 7) is 3.07. The van der Waals surface area contributed by atoms with E-state index in [0.717, 1.165) is 24.1 Å². The summed E-state index contributed by atoms with van der Waals surface area (Å²) < 4.78 is 5.82. The van der Waals surface area contributed by atoms with Crippen molar-refractivity contribution in [2.24, 2.45) is 5.92 Å². The van der Waals surface area contributed by atoms with Crippen LogP contribution < -0.4 is 4.74 Å². The minimum atomic E-state index is 0.713. The van der Waals surface area contributed by atoms with Gasteiger partial charge in [-0.1, -0.05) is 53.2 Å². The Morgan fingerprint density at radius 1 is 1.06 bits per heavy atom. The maximum Gasteiger partial charge on any atom is 0.119 e. The van der Waals surface area contributed by atoms with Gasteiger partial charge in [-0.15, -0.1) is 0 Å². The van der Waals surface area contributed by atoms with Gasteiger partial charge in [0, 0.05) is 5.33 Å². The third-order valence-electron chi connectivity index (χ3n) is 3.20. The molecule has 0 aliphatic heterocycles. The lowest BCUT2D eigenvalue weighted by atomic mass is 10.1. The Hall–Kier alpha value is -1.02. The molecule has 0 N–H and O–H groups in total. The molecule has 0 bridgehead atoms. The highest BCUT2D eigenvalue weighted by molar-refractivity contribution is 9.09. The predicted octanol–water partition coefficient (Wildman–Crippen LogP) is 5.03. The fourth-order valence-electron chi connectivity index (χ4n) is 1.97. The average molecular weight is 307 g/mol. The van der Waals surface area contributed by atoms with E-state index in [-0.39, 0.29) is 0 Å². The van der Waals surface area contributed by atoms with Crippen molar-refractivity contribution in [1.29, 1.82) is 0 Å². The highest BCUT2D eigenvalue weighted by Crippen LogP contribution is 2.21. The maximum atomic E-state index is 5.82. The molecule has 2 aromatic carbocycles. The number of ether oxygens (including phenoxy) is 1. The SMILES string of the molecule is CC(CCBr)CCOc1ccc2ccccc2c1. The molecule has 0 fully saturated rings. The van der Waals surface area contributed by atoms with Crippen LogP contribution in [0.4, 0.5) is 0 Å². The van der Waals surface area contributed by atoms with E-state index in [0.29, 0.717) is 5.92 Å². The van der Waals surface area contributed by atoms with Crippen molar-refractivity contribution >= 4 is 26.7 Å². The first kappa shape index (κ1) is 13.4. The van der Waals surface area contributed by atoms with Crippen LogP contribution in [0.3, 0.4) is 0 Å². The second-order valence-corrected chi connectivity index (χ2v) is 5.52. The van der Waals surface area contributed by atoms with E-state index in [1.165, 1.54) is 17.2 Å². The van der Waals surface area contributed by atoms with Crippen molar-refractivity contribution in [2.45, 2.75) is 19.8 Å². The molecule has 0 heterocycles. The fourth-order valence-corrected chi connectivity index (χ4v) is 2.75. The lowest BCUT2D eigenvalue weighted by Crippen LogP contribution is -2.04. The van der Waals surface area contributed by atoms with Gasteiger partial charge < -0.3 is 4.74 Å². The van der Waals surface area contributed by atoms with Crippen LogP contribution in [-0.2, 0) is 0 Å². The van der Waals surface area contributed by atoms with Gasteiger partial charge in [0.05, 0.1) is 6.61 Å². The van der Waals surface area contributed by atoms with Gasteiger partial charge in [0.25, 0.3) is 0 Å². The molecule has 1 atom stereocenters. The quantitative estimate of drug-likeness (QED) is 0.680.